The molecule has 0 bridgehead atoms. The molecule has 0 aromatic heterocycles. The standard InChI is InChI=1S/C46H69N3P.2ClH/c1-4-7-32-50(33-8-5-2,34-9-6-3)37-39-26-24-38(25-27-39)29-31-45(36-40-28-30-41-18-16-17-19-42(41)35-40)49-46(47-43-20-12-10-13-21-43)48-44-22-14-11-15-23-44;;/h16-19,24-31,35,43-45H,4-15,20-23,32-34,36-37H2,1-3H3,(H2,47,48,49);2*1H/q+1;;/b31-29-;;/t45-;;/m1../s1. The van der Waals surface area contributed by atoms with Gasteiger partial charge in [-0.15, -0.1) is 24.8 Å². The molecule has 3 aromatic carbocycles. The fourth-order valence-electron chi connectivity index (χ4n) is 8.31. The Bertz CT molecular complexity index is 1440. The van der Waals surface area contributed by atoms with Crippen LogP contribution in [0.1, 0.15) is 140 Å². The normalized spacial score (nSPS) is 16.7. The molecule has 6 heteroatoms. The van der Waals surface area contributed by atoms with Crippen LogP contribution in [0.3, 0.4) is 0 Å². The summed E-state index contributed by atoms with van der Waals surface area (Å²) >= 11 is 0. The van der Waals surface area contributed by atoms with Crippen molar-refractivity contribution in [2.45, 2.75) is 154 Å². The minimum absolute atomic E-state index is 0. The topological polar surface area (TPSA) is 36.4 Å². The number of unbranched alkanes of at least 4 members (excludes halogenated alkanes) is 3. The minimum atomic E-state index is -0.966. The predicted molar refractivity (Wildman–Crippen MR) is 239 cm³/mol. The van der Waals surface area contributed by atoms with Crippen molar-refractivity contribution in [2.24, 2.45) is 4.99 Å². The van der Waals surface area contributed by atoms with Crippen molar-refractivity contribution >= 4 is 54.9 Å². The largest absolute Gasteiger partial charge is 0.354 e. The fraction of sp³-hybridized carbons (Fsp3) is 0.587. The van der Waals surface area contributed by atoms with Gasteiger partial charge < -0.3 is 10.6 Å². The number of nitrogens with zero attached hydrogens (tertiary/aromatic N) is 1. The summed E-state index contributed by atoms with van der Waals surface area (Å²) in [5.74, 6) is 1.03. The zero-order valence-corrected chi connectivity index (χ0v) is 35.3. The number of hydrogen-bond acceptors (Lipinski definition) is 1. The van der Waals surface area contributed by atoms with Crippen LogP contribution >= 0.6 is 32.1 Å². The van der Waals surface area contributed by atoms with Gasteiger partial charge in [-0.3, -0.25) is 0 Å². The molecule has 2 N–H and O–H groups in total. The lowest BCUT2D eigenvalue weighted by Crippen LogP contribution is -2.48. The first-order valence-corrected chi connectivity index (χ1v) is 23.3. The first kappa shape index (κ1) is 44.3. The Morgan fingerprint density at radius 1 is 0.712 bits per heavy atom. The van der Waals surface area contributed by atoms with Crippen LogP contribution in [-0.4, -0.2) is 42.6 Å². The summed E-state index contributed by atoms with van der Waals surface area (Å²) < 4.78 is 0. The maximum Gasteiger partial charge on any atom is 0.192 e. The second kappa shape index (κ2) is 24.4. The molecule has 0 radical (unpaired) electrons. The lowest BCUT2D eigenvalue weighted by Gasteiger charge is -2.29. The number of fused-ring (bicyclic) bond motifs is 1. The van der Waals surface area contributed by atoms with Crippen molar-refractivity contribution in [1.29, 1.82) is 0 Å². The molecular weight excluding hydrogens is 696 g/mol. The van der Waals surface area contributed by atoms with E-state index in [2.05, 4.69) is 110 Å². The van der Waals surface area contributed by atoms with Gasteiger partial charge in [-0.2, -0.15) is 0 Å². The van der Waals surface area contributed by atoms with Gasteiger partial charge in [-0.05, 0) is 78.8 Å². The molecule has 0 aliphatic heterocycles. The maximum atomic E-state index is 5.39. The Morgan fingerprint density at radius 2 is 1.29 bits per heavy atom. The quantitative estimate of drug-likeness (QED) is 0.0768. The highest BCUT2D eigenvalue weighted by Gasteiger charge is 2.35. The third kappa shape index (κ3) is 14.6. The molecular formula is C46H71Cl2N3P+. The summed E-state index contributed by atoms with van der Waals surface area (Å²) in [5, 5.41) is 10.5. The summed E-state index contributed by atoms with van der Waals surface area (Å²) in [6, 6.07) is 26.5. The molecule has 1 atom stereocenters. The molecule has 3 aromatic rings. The lowest BCUT2D eigenvalue weighted by atomic mass is 9.95. The highest BCUT2D eigenvalue weighted by molar-refractivity contribution is 7.75. The molecule has 0 spiro atoms. The second-order valence-corrected chi connectivity index (χ2v) is 20.1. The lowest BCUT2D eigenvalue weighted by molar-refractivity contribution is 0.403. The van der Waals surface area contributed by atoms with E-state index in [0.717, 1.165) is 12.4 Å². The van der Waals surface area contributed by atoms with Crippen LogP contribution in [0, 0.1) is 0 Å². The van der Waals surface area contributed by atoms with Crippen LogP contribution in [0.2, 0.25) is 0 Å². The monoisotopic (exact) mass is 766 g/mol. The van der Waals surface area contributed by atoms with Crippen LogP contribution in [0.5, 0.6) is 0 Å². The smallest absolute Gasteiger partial charge is 0.192 e. The Hall–Kier alpha value is -2.06. The van der Waals surface area contributed by atoms with Crippen LogP contribution in [0.4, 0.5) is 0 Å². The van der Waals surface area contributed by atoms with Crippen molar-refractivity contribution in [1.82, 2.24) is 10.6 Å². The Labute approximate surface area is 331 Å². The molecule has 0 amide bonds. The van der Waals surface area contributed by atoms with Gasteiger partial charge in [0, 0.05) is 13.3 Å². The third-order valence-electron chi connectivity index (χ3n) is 11.4. The van der Waals surface area contributed by atoms with E-state index in [0.29, 0.717) is 12.1 Å². The molecule has 0 heterocycles. The average Bonchev–Trinajstić information content (AvgIpc) is 3.15. The van der Waals surface area contributed by atoms with Gasteiger partial charge in [-0.1, -0.05) is 157 Å². The Balaban J connectivity index is 0.00000364. The van der Waals surface area contributed by atoms with Crippen molar-refractivity contribution in [2.75, 3.05) is 18.5 Å². The van der Waals surface area contributed by atoms with Crippen LogP contribution in [0.25, 0.3) is 16.8 Å². The molecule has 2 saturated carbocycles. The van der Waals surface area contributed by atoms with Gasteiger partial charge in [0.15, 0.2) is 5.96 Å². The predicted octanol–water partition coefficient (Wildman–Crippen LogP) is 13.4. The molecule has 0 saturated heterocycles. The fourth-order valence-corrected chi connectivity index (χ4v) is 13.4. The summed E-state index contributed by atoms with van der Waals surface area (Å²) in [6.45, 7) is 7.11. The van der Waals surface area contributed by atoms with Crippen molar-refractivity contribution in [3.63, 3.8) is 0 Å². The molecule has 3 nitrogen and oxygen atoms in total. The highest BCUT2D eigenvalue weighted by atomic mass is 35.5. The summed E-state index contributed by atoms with van der Waals surface area (Å²) in [4.78, 5) is 5.39. The third-order valence-corrected chi connectivity index (χ3v) is 16.2. The molecule has 2 aliphatic carbocycles. The first-order chi connectivity index (χ1) is 24.6. The number of benzene rings is 3. The summed E-state index contributed by atoms with van der Waals surface area (Å²) in [6.07, 6.45) is 32.5. The van der Waals surface area contributed by atoms with E-state index in [9.17, 15) is 0 Å². The van der Waals surface area contributed by atoms with E-state index >= 15 is 0 Å². The van der Waals surface area contributed by atoms with E-state index in [1.54, 1.807) is 5.56 Å². The van der Waals surface area contributed by atoms with E-state index in [4.69, 9.17) is 4.99 Å². The highest BCUT2D eigenvalue weighted by Crippen LogP contribution is 2.63. The summed E-state index contributed by atoms with van der Waals surface area (Å²) in [7, 11) is -0.966. The zero-order chi connectivity index (χ0) is 34.9. The number of aliphatic imine (C=N–C) groups is 1. The molecule has 5 rings (SSSR count). The first-order valence-electron chi connectivity index (χ1n) is 20.8. The van der Waals surface area contributed by atoms with Crippen molar-refractivity contribution < 1.29 is 0 Å². The SMILES string of the molecule is CCCC[P+](CCCC)(CCCC)Cc1ccc(/C=C\[C@H](Cc2ccc3ccccc3c2)NC(=NC2CCCCC2)NC2CCCCC2)cc1.Cl.Cl. The van der Waals surface area contributed by atoms with Gasteiger partial charge in [-0.25, -0.2) is 4.99 Å². The minimum Gasteiger partial charge on any atom is -0.354 e. The van der Waals surface area contributed by atoms with E-state index in [1.165, 1.54) is 149 Å². The Kier molecular flexibility index (Phi) is 20.8. The molecule has 2 aliphatic rings. The van der Waals surface area contributed by atoms with Gasteiger partial charge in [0.1, 0.15) is 0 Å². The molecule has 288 valence electrons. The number of halogens is 2. The van der Waals surface area contributed by atoms with Crippen LogP contribution < -0.4 is 10.6 Å². The van der Waals surface area contributed by atoms with Crippen LogP contribution in [-0.2, 0) is 12.6 Å². The van der Waals surface area contributed by atoms with E-state index < -0.39 is 7.26 Å². The number of rotatable bonds is 18. The zero-order valence-electron chi connectivity index (χ0n) is 32.8. The van der Waals surface area contributed by atoms with Gasteiger partial charge in [0.2, 0.25) is 0 Å². The summed E-state index contributed by atoms with van der Waals surface area (Å²) in [5.41, 5.74) is 4.22. The Morgan fingerprint density at radius 3 is 1.90 bits per heavy atom. The van der Waals surface area contributed by atoms with Gasteiger partial charge in [0.25, 0.3) is 0 Å². The average molecular weight is 768 g/mol. The number of nitrogens with one attached hydrogen (secondary N) is 2. The van der Waals surface area contributed by atoms with E-state index in [1.807, 2.05) is 0 Å². The van der Waals surface area contributed by atoms with E-state index in [-0.39, 0.29) is 30.9 Å². The van der Waals surface area contributed by atoms with Crippen LogP contribution in [0.15, 0.2) is 77.8 Å². The van der Waals surface area contributed by atoms with Gasteiger partial charge >= 0.3 is 0 Å². The number of hydrogen-bond donors (Lipinski definition) is 2. The maximum absolute atomic E-state index is 5.39. The van der Waals surface area contributed by atoms with Crippen molar-refractivity contribution in [3.05, 3.63) is 89.5 Å². The molecule has 52 heavy (non-hydrogen) atoms. The van der Waals surface area contributed by atoms with Crippen molar-refractivity contribution in [3.8, 4) is 0 Å². The number of guanidine groups is 1. The van der Waals surface area contributed by atoms with Gasteiger partial charge in [0.05, 0.1) is 36.7 Å². The molecule has 0 unspecified atom stereocenters. The second-order valence-electron chi connectivity index (χ2n) is 15.7. The molecule has 2 fully saturated rings.